The molecule has 2 rings (SSSR count). The van der Waals surface area contributed by atoms with Crippen LogP contribution in [0.1, 0.15) is 12.1 Å². The Bertz CT molecular complexity index is 632. The molecule has 0 atom stereocenters. The summed E-state index contributed by atoms with van der Waals surface area (Å²) in [6.45, 7) is 0.296. The van der Waals surface area contributed by atoms with Crippen LogP contribution in [0.4, 0.5) is 5.69 Å². The van der Waals surface area contributed by atoms with Crippen LogP contribution >= 0.6 is 11.6 Å². The minimum atomic E-state index is -0.393. The molecule has 6 heteroatoms. The number of aromatic nitrogens is 1. The van der Waals surface area contributed by atoms with Crippen molar-refractivity contribution in [2.45, 2.75) is 13.0 Å². The van der Waals surface area contributed by atoms with E-state index in [9.17, 15) is 9.59 Å². The third kappa shape index (κ3) is 5.24. The molecule has 2 N–H and O–H groups in total. The number of halogens is 1. The summed E-state index contributed by atoms with van der Waals surface area (Å²) >= 11 is 5.81. The summed E-state index contributed by atoms with van der Waals surface area (Å²) in [7, 11) is 0. The van der Waals surface area contributed by atoms with E-state index in [2.05, 4.69) is 15.6 Å². The molecule has 0 spiro atoms. The van der Waals surface area contributed by atoms with Gasteiger partial charge >= 0.3 is 0 Å². The fraction of sp³-hybridized carbons (Fsp3) is 0.133. The quantitative estimate of drug-likeness (QED) is 0.833. The van der Waals surface area contributed by atoms with Crippen molar-refractivity contribution in [1.82, 2.24) is 10.3 Å². The van der Waals surface area contributed by atoms with E-state index in [0.29, 0.717) is 17.3 Å². The first-order valence-electron chi connectivity index (χ1n) is 6.35. The number of nitrogens with zero attached hydrogens (tertiary/aromatic N) is 1. The number of benzene rings is 1. The minimum absolute atomic E-state index is 0.251. The molecule has 2 amide bonds. The van der Waals surface area contributed by atoms with Crippen molar-refractivity contribution >= 4 is 29.1 Å². The fourth-order valence-corrected chi connectivity index (χ4v) is 1.86. The van der Waals surface area contributed by atoms with Crippen molar-refractivity contribution < 1.29 is 9.59 Å². The summed E-state index contributed by atoms with van der Waals surface area (Å²) in [5.74, 6) is -0.754. The Kier molecular flexibility index (Phi) is 5.29. The molecule has 0 saturated carbocycles. The van der Waals surface area contributed by atoms with Gasteiger partial charge in [-0.2, -0.15) is 0 Å². The molecule has 0 radical (unpaired) electrons. The Hall–Kier alpha value is -2.40. The summed E-state index contributed by atoms with van der Waals surface area (Å²) in [6.07, 6.45) is 1.40. The zero-order valence-electron chi connectivity index (χ0n) is 11.2. The number of anilines is 1. The van der Waals surface area contributed by atoms with Crippen molar-refractivity contribution in [2.75, 3.05) is 5.32 Å². The molecule has 0 aliphatic rings. The average molecular weight is 304 g/mol. The van der Waals surface area contributed by atoms with Gasteiger partial charge in [-0.15, -0.1) is 0 Å². The van der Waals surface area contributed by atoms with Crippen LogP contribution in [-0.4, -0.2) is 16.8 Å². The van der Waals surface area contributed by atoms with Crippen LogP contribution in [0, 0.1) is 0 Å². The van der Waals surface area contributed by atoms with E-state index in [1.807, 2.05) is 6.07 Å². The number of nitrogens with one attached hydrogen (secondary N) is 2. The molecule has 0 fully saturated rings. The predicted molar refractivity (Wildman–Crippen MR) is 80.8 cm³/mol. The summed E-state index contributed by atoms with van der Waals surface area (Å²) in [5, 5.41) is 5.77. The third-order valence-corrected chi connectivity index (χ3v) is 2.86. The smallest absolute Gasteiger partial charge is 0.233 e. The molecule has 1 aromatic heterocycles. The molecular formula is C15H14ClN3O2. The Balaban J connectivity index is 1.78. The molecule has 0 saturated heterocycles. The van der Waals surface area contributed by atoms with Gasteiger partial charge in [-0.3, -0.25) is 14.6 Å². The van der Waals surface area contributed by atoms with Gasteiger partial charge < -0.3 is 10.6 Å². The summed E-state index contributed by atoms with van der Waals surface area (Å²) in [5.41, 5.74) is 1.30. The highest BCUT2D eigenvalue weighted by Crippen LogP contribution is 2.14. The van der Waals surface area contributed by atoms with Gasteiger partial charge in [0.1, 0.15) is 6.42 Å². The number of amides is 2. The predicted octanol–water partition coefficient (Wildman–Crippen LogP) is 2.38. The van der Waals surface area contributed by atoms with Crippen LogP contribution < -0.4 is 10.6 Å². The first-order valence-corrected chi connectivity index (χ1v) is 6.73. The van der Waals surface area contributed by atoms with Crippen molar-refractivity contribution in [2.24, 2.45) is 0 Å². The number of pyridine rings is 1. The number of carbonyl (C=O) groups excluding carboxylic acids is 2. The van der Waals surface area contributed by atoms with Gasteiger partial charge in [0.25, 0.3) is 0 Å². The highest BCUT2D eigenvalue weighted by Gasteiger charge is 2.09. The van der Waals surface area contributed by atoms with E-state index >= 15 is 0 Å². The second-order valence-corrected chi connectivity index (χ2v) is 4.77. The summed E-state index contributed by atoms with van der Waals surface area (Å²) in [4.78, 5) is 27.5. The maximum absolute atomic E-state index is 11.7. The van der Waals surface area contributed by atoms with Crippen molar-refractivity contribution in [1.29, 1.82) is 0 Å². The molecule has 1 aromatic carbocycles. The van der Waals surface area contributed by atoms with Gasteiger partial charge in [0, 0.05) is 16.9 Å². The van der Waals surface area contributed by atoms with Crippen molar-refractivity contribution in [3.05, 3.63) is 59.4 Å². The largest absolute Gasteiger partial charge is 0.350 e. The van der Waals surface area contributed by atoms with E-state index in [0.717, 1.165) is 5.69 Å². The second kappa shape index (κ2) is 7.40. The van der Waals surface area contributed by atoms with Crippen LogP contribution in [0.2, 0.25) is 5.02 Å². The molecule has 1 heterocycles. The highest BCUT2D eigenvalue weighted by atomic mass is 35.5. The van der Waals surface area contributed by atoms with Gasteiger partial charge in [-0.1, -0.05) is 23.7 Å². The van der Waals surface area contributed by atoms with E-state index < -0.39 is 5.91 Å². The number of hydrogen-bond acceptors (Lipinski definition) is 3. The Morgan fingerprint density at radius 2 is 1.95 bits per heavy atom. The zero-order chi connectivity index (χ0) is 15.1. The first kappa shape index (κ1) is 15.0. The van der Waals surface area contributed by atoms with Crippen LogP contribution in [0.25, 0.3) is 0 Å². The Morgan fingerprint density at radius 1 is 1.10 bits per heavy atom. The molecular weight excluding hydrogens is 290 g/mol. The minimum Gasteiger partial charge on any atom is -0.350 e. The van der Waals surface area contributed by atoms with Crippen molar-refractivity contribution in [3.8, 4) is 0 Å². The SMILES string of the molecule is O=C(CC(=O)Nc1cccc(Cl)c1)NCc1ccccn1. The van der Waals surface area contributed by atoms with Gasteiger partial charge in [-0.25, -0.2) is 0 Å². The van der Waals surface area contributed by atoms with E-state index in [1.54, 1.807) is 42.6 Å². The molecule has 0 unspecified atom stereocenters. The standard InChI is InChI=1S/C15H14ClN3O2/c16-11-4-3-6-12(8-11)19-15(21)9-14(20)18-10-13-5-1-2-7-17-13/h1-8H,9-10H2,(H,18,20)(H,19,21). The zero-order valence-corrected chi connectivity index (χ0v) is 11.9. The summed E-state index contributed by atoms with van der Waals surface area (Å²) in [6, 6.07) is 12.2. The van der Waals surface area contributed by atoms with Crippen LogP contribution in [0.15, 0.2) is 48.7 Å². The Morgan fingerprint density at radius 3 is 2.67 bits per heavy atom. The molecule has 0 aliphatic carbocycles. The van der Waals surface area contributed by atoms with E-state index in [4.69, 9.17) is 11.6 Å². The van der Waals surface area contributed by atoms with E-state index in [-0.39, 0.29) is 12.3 Å². The fourth-order valence-electron chi connectivity index (χ4n) is 1.67. The summed E-state index contributed by atoms with van der Waals surface area (Å²) < 4.78 is 0. The van der Waals surface area contributed by atoms with E-state index in [1.165, 1.54) is 0 Å². The lowest BCUT2D eigenvalue weighted by Crippen LogP contribution is -2.28. The molecule has 0 aliphatic heterocycles. The molecule has 0 bridgehead atoms. The molecule has 108 valence electrons. The first-order chi connectivity index (χ1) is 10.1. The van der Waals surface area contributed by atoms with Gasteiger partial charge in [-0.05, 0) is 30.3 Å². The average Bonchev–Trinajstić information content (AvgIpc) is 2.46. The Labute approximate surface area is 127 Å². The lowest BCUT2D eigenvalue weighted by molar-refractivity contribution is -0.126. The lowest BCUT2D eigenvalue weighted by atomic mass is 10.3. The van der Waals surface area contributed by atoms with Crippen LogP contribution in [0.3, 0.4) is 0 Å². The normalized spacial score (nSPS) is 9.95. The molecule has 5 nitrogen and oxygen atoms in total. The monoisotopic (exact) mass is 303 g/mol. The second-order valence-electron chi connectivity index (χ2n) is 4.33. The van der Waals surface area contributed by atoms with Crippen LogP contribution in [0.5, 0.6) is 0 Å². The molecule has 2 aromatic rings. The number of hydrogen-bond donors (Lipinski definition) is 2. The van der Waals surface area contributed by atoms with Gasteiger partial charge in [0.15, 0.2) is 0 Å². The maximum atomic E-state index is 11.7. The third-order valence-electron chi connectivity index (χ3n) is 2.62. The molecule has 21 heavy (non-hydrogen) atoms. The van der Waals surface area contributed by atoms with Crippen LogP contribution in [-0.2, 0) is 16.1 Å². The van der Waals surface area contributed by atoms with Gasteiger partial charge in [0.05, 0.1) is 12.2 Å². The lowest BCUT2D eigenvalue weighted by Gasteiger charge is -2.06. The number of carbonyl (C=O) groups is 2. The van der Waals surface area contributed by atoms with Crippen molar-refractivity contribution in [3.63, 3.8) is 0 Å². The maximum Gasteiger partial charge on any atom is 0.233 e. The highest BCUT2D eigenvalue weighted by molar-refractivity contribution is 6.30. The topological polar surface area (TPSA) is 71.1 Å². The number of rotatable bonds is 5. The van der Waals surface area contributed by atoms with Gasteiger partial charge in [0.2, 0.25) is 11.8 Å².